The first-order valence-corrected chi connectivity index (χ1v) is 4.51. The minimum absolute atomic E-state index is 0.362. The van der Waals surface area contributed by atoms with E-state index < -0.39 is 0 Å². The first-order valence-electron chi connectivity index (χ1n) is 4.51. The highest BCUT2D eigenvalue weighted by Gasteiger charge is 1.87. The molecule has 0 spiro atoms. The van der Waals surface area contributed by atoms with E-state index in [9.17, 15) is 0 Å². The summed E-state index contributed by atoms with van der Waals surface area (Å²) in [5, 5.41) is 8.28. The number of hydrogen-bond acceptors (Lipinski definition) is 3. The number of rotatable bonds is 0. The fourth-order valence-corrected chi connectivity index (χ4v) is 0.450. The molecule has 0 aliphatic rings. The Bertz CT molecular complexity index is 233. The van der Waals surface area contributed by atoms with E-state index in [-0.39, 0.29) is 0 Å². The summed E-state index contributed by atoms with van der Waals surface area (Å²) in [6.45, 7) is 9.83. The van der Waals surface area contributed by atoms with Gasteiger partial charge in [-0.2, -0.15) is 5.26 Å². The summed E-state index contributed by atoms with van der Waals surface area (Å²) in [5.41, 5.74) is 1.19. The molecule has 72 valence electrons. The maximum Gasteiger partial charge on any atom is 0.158 e. The van der Waals surface area contributed by atoms with Crippen molar-refractivity contribution in [3.8, 4) is 6.07 Å². The van der Waals surface area contributed by atoms with Gasteiger partial charge in [-0.05, 0) is 6.92 Å². The zero-order valence-electron chi connectivity index (χ0n) is 9.00. The van der Waals surface area contributed by atoms with E-state index in [1.807, 2.05) is 40.7 Å². The zero-order chi connectivity index (χ0) is 10.7. The standard InChI is InChI=1S/C6H5N3.2C2H6/c1-5-3-9-6(2-7)4-8-5;2*1-2/h3-4H,1H3;2*1-2H3. The molecule has 0 bridgehead atoms. The van der Waals surface area contributed by atoms with Crippen LogP contribution >= 0.6 is 0 Å². The Morgan fingerprint density at radius 1 is 1.08 bits per heavy atom. The molecule has 0 fully saturated rings. The van der Waals surface area contributed by atoms with E-state index in [0.717, 1.165) is 5.69 Å². The van der Waals surface area contributed by atoms with Crippen LogP contribution < -0.4 is 0 Å². The van der Waals surface area contributed by atoms with Gasteiger partial charge in [0.05, 0.1) is 11.9 Å². The Balaban J connectivity index is 0. The van der Waals surface area contributed by atoms with Gasteiger partial charge in [0.1, 0.15) is 6.07 Å². The average Bonchev–Trinajstić information content (AvgIpc) is 2.25. The van der Waals surface area contributed by atoms with Crippen molar-refractivity contribution in [3.05, 3.63) is 23.8 Å². The number of hydrogen-bond donors (Lipinski definition) is 0. The first-order chi connectivity index (χ1) is 6.33. The molecule has 0 aromatic carbocycles. The monoisotopic (exact) mass is 179 g/mol. The summed E-state index contributed by atoms with van der Waals surface area (Å²) in [4.78, 5) is 7.64. The van der Waals surface area contributed by atoms with Crippen LogP contribution in [0.5, 0.6) is 0 Å². The molecule has 0 radical (unpaired) electrons. The van der Waals surface area contributed by atoms with Gasteiger partial charge in [-0.3, -0.25) is 4.98 Å². The summed E-state index contributed by atoms with van der Waals surface area (Å²) >= 11 is 0. The maximum atomic E-state index is 8.28. The summed E-state index contributed by atoms with van der Waals surface area (Å²) in [7, 11) is 0. The van der Waals surface area contributed by atoms with E-state index in [2.05, 4.69) is 9.97 Å². The fourth-order valence-electron chi connectivity index (χ4n) is 0.450. The number of aromatic nitrogens is 2. The van der Waals surface area contributed by atoms with Crippen molar-refractivity contribution in [1.82, 2.24) is 9.97 Å². The van der Waals surface area contributed by atoms with Crippen molar-refractivity contribution in [2.24, 2.45) is 0 Å². The second-order valence-electron chi connectivity index (χ2n) is 1.65. The molecule has 1 aromatic rings. The molecule has 13 heavy (non-hydrogen) atoms. The first kappa shape index (κ1) is 14.1. The highest BCUT2D eigenvalue weighted by Crippen LogP contribution is 1.89. The molecule has 3 nitrogen and oxygen atoms in total. The van der Waals surface area contributed by atoms with E-state index >= 15 is 0 Å². The van der Waals surface area contributed by atoms with Crippen LogP contribution in [0.3, 0.4) is 0 Å². The molecule has 0 saturated heterocycles. The predicted octanol–water partition coefficient (Wildman–Crippen LogP) is 2.71. The van der Waals surface area contributed by atoms with Crippen LogP contribution in [-0.4, -0.2) is 9.97 Å². The minimum Gasteiger partial charge on any atom is -0.257 e. The summed E-state index contributed by atoms with van der Waals surface area (Å²) < 4.78 is 0. The Kier molecular flexibility index (Phi) is 11.5. The largest absolute Gasteiger partial charge is 0.257 e. The molecule has 0 aliphatic carbocycles. The molecule has 0 saturated carbocycles. The minimum atomic E-state index is 0.362. The van der Waals surface area contributed by atoms with Gasteiger partial charge in [-0.25, -0.2) is 4.98 Å². The molecule has 0 amide bonds. The van der Waals surface area contributed by atoms with Gasteiger partial charge < -0.3 is 0 Å². The highest BCUT2D eigenvalue weighted by atomic mass is 14.8. The molecular formula is C10H17N3. The Morgan fingerprint density at radius 3 is 1.92 bits per heavy atom. The lowest BCUT2D eigenvalue weighted by Gasteiger charge is -1.86. The fraction of sp³-hybridized carbons (Fsp3) is 0.500. The van der Waals surface area contributed by atoms with Crippen molar-refractivity contribution in [1.29, 1.82) is 5.26 Å². The van der Waals surface area contributed by atoms with Gasteiger partial charge >= 0.3 is 0 Å². The third kappa shape index (κ3) is 6.95. The summed E-state index contributed by atoms with van der Waals surface area (Å²) in [6.07, 6.45) is 3.02. The van der Waals surface area contributed by atoms with Gasteiger partial charge in [0.25, 0.3) is 0 Å². The number of nitriles is 1. The second-order valence-corrected chi connectivity index (χ2v) is 1.65. The Morgan fingerprint density at radius 2 is 1.62 bits per heavy atom. The third-order valence-electron chi connectivity index (χ3n) is 0.895. The lowest BCUT2D eigenvalue weighted by molar-refractivity contribution is 1.09. The quantitative estimate of drug-likeness (QED) is 0.615. The number of aryl methyl sites for hydroxylation is 1. The average molecular weight is 179 g/mol. The van der Waals surface area contributed by atoms with Crippen LogP contribution in [0, 0.1) is 18.3 Å². The number of nitrogens with zero attached hydrogens (tertiary/aromatic N) is 3. The van der Waals surface area contributed by atoms with Crippen molar-refractivity contribution >= 4 is 0 Å². The van der Waals surface area contributed by atoms with E-state index in [0.29, 0.717) is 5.69 Å². The summed E-state index contributed by atoms with van der Waals surface area (Å²) in [5.74, 6) is 0. The van der Waals surface area contributed by atoms with Gasteiger partial charge in [-0.1, -0.05) is 27.7 Å². The molecular weight excluding hydrogens is 162 g/mol. The van der Waals surface area contributed by atoms with Crippen molar-refractivity contribution in [3.63, 3.8) is 0 Å². The van der Waals surface area contributed by atoms with Crippen LogP contribution in [0.1, 0.15) is 39.1 Å². The molecule has 0 unspecified atom stereocenters. The lowest BCUT2D eigenvalue weighted by Crippen LogP contribution is -1.85. The van der Waals surface area contributed by atoms with Crippen molar-refractivity contribution in [2.75, 3.05) is 0 Å². The summed E-state index contributed by atoms with van der Waals surface area (Å²) in [6, 6.07) is 1.88. The molecule has 1 rings (SSSR count). The van der Waals surface area contributed by atoms with Crippen LogP contribution in [0.25, 0.3) is 0 Å². The van der Waals surface area contributed by atoms with Gasteiger partial charge in [-0.15, -0.1) is 0 Å². The molecule has 1 aromatic heterocycles. The smallest absolute Gasteiger partial charge is 0.158 e. The van der Waals surface area contributed by atoms with Crippen LogP contribution in [0.15, 0.2) is 12.4 Å². The topological polar surface area (TPSA) is 49.6 Å². The lowest BCUT2D eigenvalue weighted by atomic mass is 10.4. The van der Waals surface area contributed by atoms with E-state index in [1.165, 1.54) is 6.20 Å². The molecule has 0 aliphatic heterocycles. The van der Waals surface area contributed by atoms with Gasteiger partial charge in [0.15, 0.2) is 5.69 Å². The van der Waals surface area contributed by atoms with Crippen LogP contribution in [-0.2, 0) is 0 Å². The normalized spacial score (nSPS) is 6.77. The predicted molar refractivity (Wildman–Crippen MR) is 54.2 cm³/mol. The van der Waals surface area contributed by atoms with E-state index in [1.54, 1.807) is 6.20 Å². The molecule has 0 N–H and O–H groups in total. The molecule has 3 heteroatoms. The third-order valence-corrected chi connectivity index (χ3v) is 0.895. The highest BCUT2D eigenvalue weighted by molar-refractivity contribution is 5.15. The van der Waals surface area contributed by atoms with Crippen molar-refractivity contribution < 1.29 is 0 Å². The van der Waals surface area contributed by atoms with Gasteiger partial charge in [0, 0.05) is 6.20 Å². The maximum absolute atomic E-state index is 8.28. The Hall–Kier alpha value is -1.43. The van der Waals surface area contributed by atoms with E-state index in [4.69, 9.17) is 5.26 Å². The molecule has 0 atom stereocenters. The van der Waals surface area contributed by atoms with Crippen LogP contribution in [0.2, 0.25) is 0 Å². The van der Waals surface area contributed by atoms with Crippen LogP contribution in [0.4, 0.5) is 0 Å². The zero-order valence-corrected chi connectivity index (χ0v) is 9.00. The second kappa shape index (κ2) is 10.6. The van der Waals surface area contributed by atoms with Crippen molar-refractivity contribution in [2.45, 2.75) is 34.6 Å². The SMILES string of the molecule is CC.CC.Cc1cnc(C#N)cn1. The molecule has 1 heterocycles. The van der Waals surface area contributed by atoms with Gasteiger partial charge in [0.2, 0.25) is 0 Å². The Labute approximate surface area is 80.5 Å².